The fourth-order valence-electron chi connectivity index (χ4n) is 1.43. The van der Waals surface area contributed by atoms with E-state index in [9.17, 15) is 4.39 Å². The van der Waals surface area contributed by atoms with E-state index in [1.807, 2.05) is 0 Å². The Labute approximate surface area is 119 Å². The van der Waals surface area contributed by atoms with E-state index in [4.69, 9.17) is 0 Å². The molecule has 0 unspecified atom stereocenters. The summed E-state index contributed by atoms with van der Waals surface area (Å²) in [5.74, 6) is 1.59. The second kappa shape index (κ2) is 9.67. The molecule has 0 aliphatic carbocycles. The van der Waals surface area contributed by atoms with Gasteiger partial charge in [-0.25, -0.2) is 4.39 Å². The van der Waals surface area contributed by atoms with Gasteiger partial charge in [0.2, 0.25) is 0 Å². The van der Waals surface area contributed by atoms with Gasteiger partial charge >= 0.3 is 0 Å². The molecule has 0 fully saturated rings. The Kier molecular flexibility index (Phi) is 8.05. The van der Waals surface area contributed by atoms with Crippen molar-refractivity contribution in [2.45, 2.75) is 25.2 Å². The predicted octanol–water partition coefficient (Wildman–Crippen LogP) is 2.88. The molecule has 0 saturated heterocycles. The maximum Gasteiger partial charge on any atom is 0.191 e. The average molecular weight is 283 g/mol. The van der Waals surface area contributed by atoms with Crippen LogP contribution in [0.25, 0.3) is 0 Å². The number of nitrogens with zero attached hydrogens (tertiary/aromatic N) is 1. The summed E-state index contributed by atoms with van der Waals surface area (Å²) in [6.45, 7) is 6.69. The van der Waals surface area contributed by atoms with Crippen molar-refractivity contribution in [2.75, 3.05) is 25.4 Å². The quantitative estimate of drug-likeness (QED) is 0.350. The number of hydrogen-bond acceptors (Lipinski definition) is 2. The molecule has 0 radical (unpaired) electrons. The summed E-state index contributed by atoms with van der Waals surface area (Å²) >= 11 is 1.70. The minimum Gasteiger partial charge on any atom is -0.357 e. The zero-order valence-corrected chi connectivity index (χ0v) is 12.4. The lowest BCUT2D eigenvalue weighted by Gasteiger charge is -2.10. The van der Waals surface area contributed by atoms with Crippen molar-refractivity contribution in [3.63, 3.8) is 0 Å². The van der Waals surface area contributed by atoms with E-state index < -0.39 is 0 Å². The van der Waals surface area contributed by atoms with E-state index in [2.05, 4.69) is 29.5 Å². The first-order chi connectivity index (χ1) is 9.26. The first-order valence-corrected chi connectivity index (χ1v) is 7.65. The summed E-state index contributed by atoms with van der Waals surface area (Å²) in [4.78, 5) is 5.51. The Balaban J connectivity index is 2.26. The van der Waals surface area contributed by atoms with Crippen molar-refractivity contribution in [1.29, 1.82) is 0 Å². The number of guanidine groups is 1. The summed E-state index contributed by atoms with van der Waals surface area (Å²) in [6.07, 6.45) is 1.04. The van der Waals surface area contributed by atoms with Gasteiger partial charge in [-0.05, 0) is 37.6 Å². The van der Waals surface area contributed by atoms with Crippen LogP contribution in [0.3, 0.4) is 0 Å². The van der Waals surface area contributed by atoms with Crippen molar-refractivity contribution in [3.05, 3.63) is 30.1 Å². The number of nitrogens with one attached hydrogen (secondary N) is 2. The number of rotatable bonds is 7. The molecule has 1 rings (SSSR count). The van der Waals surface area contributed by atoms with E-state index in [-0.39, 0.29) is 5.82 Å². The van der Waals surface area contributed by atoms with Gasteiger partial charge < -0.3 is 10.6 Å². The number of thioether (sulfide) groups is 1. The molecular weight excluding hydrogens is 261 g/mol. The van der Waals surface area contributed by atoms with E-state index in [1.165, 1.54) is 12.1 Å². The third-order valence-corrected chi connectivity index (χ3v) is 3.33. The number of aliphatic imine (C=N–C) groups is 1. The molecule has 0 amide bonds. The van der Waals surface area contributed by atoms with E-state index >= 15 is 0 Å². The third kappa shape index (κ3) is 7.06. The fraction of sp³-hybridized carbons (Fsp3) is 0.500. The molecule has 0 spiro atoms. The molecule has 2 N–H and O–H groups in total. The van der Waals surface area contributed by atoms with Crippen molar-refractivity contribution in [2.24, 2.45) is 4.99 Å². The second-order valence-electron chi connectivity index (χ2n) is 3.99. The van der Waals surface area contributed by atoms with Crippen LogP contribution in [0.5, 0.6) is 0 Å². The first kappa shape index (κ1) is 15.8. The largest absolute Gasteiger partial charge is 0.357 e. The molecule has 3 nitrogen and oxygen atoms in total. The van der Waals surface area contributed by atoms with E-state index in [1.54, 1.807) is 23.9 Å². The van der Waals surface area contributed by atoms with Gasteiger partial charge in [0.15, 0.2) is 5.96 Å². The molecule has 0 bridgehead atoms. The van der Waals surface area contributed by atoms with Crippen molar-refractivity contribution >= 4 is 17.7 Å². The number of benzene rings is 1. The smallest absolute Gasteiger partial charge is 0.191 e. The number of halogens is 1. The molecule has 19 heavy (non-hydrogen) atoms. The van der Waals surface area contributed by atoms with Crippen molar-refractivity contribution in [1.82, 2.24) is 10.6 Å². The molecule has 106 valence electrons. The Hall–Kier alpha value is -1.23. The molecule has 1 aromatic carbocycles. The third-order valence-electron chi connectivity index (χ3n) is 2.31. The highest BCUT2D eigenvalue weighted by molar-refractivity contribution is 7.99. The molecule has 0 atom stereocenters. The molecular formula is C14H22FN3S. The van der Waals surface area contributed by atoms with Crippen molar-refractivity contribution in [3.8, 4) is 0 Å². The van der Waals surface area contributed by atoms with Gasteiger partial charge in [-0.2, -0.15) is 0 Å². The van der Waals surface area contributed by atoms with Gasteiger partial charge in [0.1, 0.15) is 5.82 Å². The van der Waals surface area contributed by atoms with Gasteiger partial charge in [0, 0.05) is 30.3 Å². The molecule has 0 heterocycles. The first-order valence-electron chi connectivity index (χ1n) is 6.66. The van der Waals surface area contributed by atoms with Crippen LogP contribution in [0, 0.1) is 5.82 Å². The minimum absolute atomic E-state index is 0.191. The molecule has 0 aliphatic heterocycles. The van der Waals surface area contributed by atoms with Gasteiger partial charge in [-0.3, -0.25) is 4.99 Å². The average Bonchev–Trinajstić information content (AvgIpc) is 2.42. The Morgan fingerprint density at radius 2 is 1.95 bits per heavy atom. The van der Waals surface area contributed by atoms with Crippen LogP contribution in [0.2, 0.25) is 0 Å². The van der Waals surface area contributed by atoms with E-state index in [0.29, 0.717) is 0 Å². The van der Waals surface area contributed by atoms with Crippen LogP contribution < -0.4 is 10.6 Å². The molecule has 0 aromatic heterocycles. The maximum atomic E-state index is 12.7. The summed E-state index contributed by atoms with van der Waals surface area (Å²) in [7, 11) is 0. The second-order valence-corrected chi connectivity index (χ2v) is 5.16. The van der Waals surface area contributed by atoms with Crippen LogP contribution in [0.1, 0.15) is 20.3 Å². The lowest BCUT2D eigenvalue weighted by molar-refractivity contribution is 0.626. The standard InChI is InChI=1S/C14H22FN3S/c1-3-9-17-14(16-4-2)18-10-11-19-13-7-5-12(15)6-8-13/h5-8H,3-4,9-11H2,1-2H3,(H2,16,17,18). The summed E-state index contributed by atoms with van der Waals surface area (Å²) in [5, 5.41) is 6.48. The predicted molar refractivity (Wildman–Crippen MR) is 81.4 cm³/mol. The highest BCUT2D eigenvalue weighted by Crippen LogP contribution is 2.16. The summed E-state index contributed by atoms with van der Waals surface area (Å²) in [5.41, 5.74) is 0. The van der Waals surface area contributed by atoms with Crippen LogP contribution in [-0.2, 0) is 0 Å². The highest BCUT2D eigenvalue weighted by atomic mass is 32.2. The number of hydrogen-bond donors (Lipinski definition) is 2. The lowest BCUT2D eigenvalue weighted by Crippen LogP contribution is -2.38. The molecule has 0 saturated carbocycles. The van der Waals surface area contributed by atoms with Crippen molar-refractivity contribution < 1.29 is 4.39 Å². The fourth-order valence-corrected chi connectivity index (χ4v) is 2.20. The minimum atomic E-state index is -0.191. The van der Waals surface area contributed by atoms with Gasteiger partial charge in [0.25, 0.3) is 0 Å². The van der Waals surface area contributed by atoms with Gasteiger partial charge in [-0.1, -0.05) is 6.92 Å². The van der Waals surface area contributed by atoms with Crippen LogP contribution in [0.15, 0.2) is 34.2 Å². The Morgan fingerprint density at radius 3 is 2.58 bits per heavy atom. The Bertz CT molecular complexity index is 379. The van der Waals surface area contributed by atoms with Gasteiger partial charge in [0.05, 0.1) is 0 Å². The van der Waals surface area contributed by atoms with Crippen LogP contribution in [0.4, 0.5) is 4.39 Å². The SMILES string of the molecule is CCCN=C(NCC)NCCSc1ccc(F)cc1. The summed E-state index contributed by atoms with van der Waals surface area (Å²) < 4.78 is 12.7. The van der Waals surface area contributed by atoms with Crippen LogP contribution >= 0.6 is 11.8 Å². The monoisotopic (exact) mass is 283 g/mol. The van der Waals surface area contributed by atoms with Gasteiger partial charge in [-0.15, -0.1) is 11.8 Å². The zero-order chi connectivity index (χ0) is 13.9. The zero-order valence-electron chi connectivity index (χ0n) is 11.6. The highest BCUT2D eigenvalue weighted by Gasteiger charge is 1.97. The maximum absolute atomic E-state index is 12.7. The van der Waals surface area contributed by atoms with Crippen LogP contribution in [-0.4, -0.2) is 31.3 Å². The molecule has 0 aliphatic rings. The Morgan fingerprint density at radius 1 is 1.21 bits per heavy atom. The molecule has 1 aromatic rings. The normalized spacial score (nSPS) is 11.4. The lowest BCUT2D eigenvalue weighted by atomic mass is 10.4. The summed E-state index contributed by atoms with van der Waals surface area (Å²) in [6, 6.07) is 6.58. The molecule has 5 heteroatoms. The van der Waals surface area contributed by atoms with E-state index in [0.717, 1.165) is 42.7 Å². The topological polar surface area (TPSA) is 36.4 Å².